The van der Waals surface area contributed by atoms with Crippen LogP contribution in [0.3, 0.4) is 0 Å². The van der Waals surface area contributed by atoms with Crippen LogP contribution in [-0.2, 0) is 0 Å². The first kappa shape index (κ1) is 19.9. The van der Waals surface area contributed by atoms with Crippen LogP contribution in [0, 0.1) is 0 Å². The molecule has 0 radical (unpaired) electrons. The van der Waals surface area contributed by atoms with Crippen molar-refractivity contribution in [1.29, 1.82) is 0 Å². The van der Waals surface area contributed by atoms with Crippen molar-refractivity contribution in [3.8, 4) is 0 Å². The molecular formula is C20H29N7O. The van der Waals surface area contributed by atoms with Crippen LogP contribution < -0.4 is 16.4 Å². The van der Waals surface area contributed by atoms with E-state index < -0.39 is 6.10 Å². The molecule has 0 aliphatic heterocycles. The molecule has 28 heavy (non-hydrogen) atoms. The standard InChI is InChI=1S/C20H29N7O/c1-11(2)16-17-18(27(26-16)12(3)4)19(23-15-8-6-7-14(21)9-15)25-20(24-17)22-10-13(5)28/h6-9,11-13,28H,10,21H2,1-5H3,(H2,22,23,24,25). The van der Waals surface area contributed by atoms with Gasteiger partial charge in [0, 0.05) is 24.0 Å². The molecule has 1 unspecified atom stereocenters. The lowest BCUT2D eigenvalue weighted by Gasteiger charge is -2.14. The highest BCUT2D eigenvalue weighted by Gasteiger charge is 2.22. The van der Waals surface area contributed by atoms with Gasteiger partial charge in [0.15, 0.2) is 5.82 Å². The fourth-order valence-electron chi connectivity index (χ4n) is 2.98. The Labute approximate surface area is 165 Å². The van der Waals surface area contributed by atoms with Gasteiger partial charge in [-0.25, -0.2) is 4.98 Å². The van der Waals surface area contributed by atoms with Gasteiger partial charge in [0.25, 0.3) is 0 Å². The van der Waals surface area contributed by atoms with Crippen LogP contribution in [0.5, 0.6) is 0 Å². The van der Waals surface area contributed by atoms with Gasteiger partial charge in [-0.1, -0.05) is 19.9 Å². The molecule has 0 aliphatic rings. The number of hydrogen-bond acceptors (Lipinski definition) is 7. The van der Waals surface area contributed by atoms with E-state index in [1.54, 1.807) is 6.92 Å². The minimum atomic E-state index is -0.507. The predicted molar refractivity (Wildman–Crippen MR) is 114 cm³/mol. The number of nitrogen functional groups attached to an aromatic ring is 1. The molecule has 150 valence electrons. The molecule has 2 aromatic heterocycles. The Morgan fingerprint density at radius 1 is 1.14 bits per heavy atom. The SMILES string of the molecule is CC(O)CNc1nc(Nc2cccc(N)c2)c2c(n1)c(C(C)C)nn2C(C)C. The molecule has 0 aliphatic carbocycles. The maximum absolute atomic E-state index is 9.62. The summed E-state index contributed by atoms with van der Waals surface area (Å²) in [4.78, 5) is 9.38. The molecule has 0 bridgehead atoms. The molecule has 0 saturated heterocycles. The van der Waals surface area contributed by atoms with E-state index >= 15 is 0 Å². The van der Waals surface area contributed by atoms with Crippen molar-refractivity contribution in [3.63, 3.8) is 0 Å². The van der Waals surface area contributed by atoms with Crippen molar-refractivity contribution in [2.45, 2.75) is 52.7 Å². The van der Waals surface area contributed by atoms with E-state index in [-0.39, 0.29) is 12.0 Å². The van der Waals surface area contributed by atoms with Gasteiger partial charge in [-0.3, -0.25) is 4.68 Å². The Morgan fingerprint density at radius 3 is 2.50 bits per heavy atom. The summed E-state index contributed by atoms with van der Waals surface area (Å²) in [5.41, 5.74) is 10.0. The molecule has 0 spiro atoms. The molecule has 1 atom stereocenters. The zero-order chi connectivity index (χ0) is 20.4. The van der Waals surface area contributed by atoms with Crippen LogP contribution in [0.1, 0.15) is 52.3 Å². The number of aliphatic hydroxyl groups is 1. The van der Waals surface area contributed by atoms with E-state index in [9.17, 15) is 5.11 Å². The molecular weight excluding hydrogens is 354 g/mol. The fraction of sp³-hybridized carbons (Fsp3) is 0.450. The van der Waals surface area contributed by atoms with Gasteiger partial charge >= 0.3 is 0 Å². The normalized spacial score (nSPS) is 12.7. The third kappa shape index (κ3) is 4.17. The maximum Gasteiger partial charge on any atom is 0.225 e. The molecule has 8 nitrogen and oxygen atoms in total. The largest absolute Gasteiger partial charge is 0.399 e. The quantitative estimate of drug-likeness (QED) is 0.460. The highest BCUT2D eigenvalue weighted by Crippen LogP contribution is 2.32. The number of fused-ring (bicyclic) bond motifs is 1. The number of nitrogens with one attached hydrogen (secondary N) is 2. The average Bonchev–Trinajstić information content (AvgIpc) is 3.00. The molecule has 0 fully saturated rings. The van der Waals surface area contributed by atoms with Crippen LogP contribution in [0.25, 0.3) is 11.0 Å². The van der Waals surface area contributed by atoms with E-state index in [2.05, 4.69) is 43.3 Å². The minimum Gasteiger partial charge on any atom is -0.399 e. The second-order valence-electron chi connectivity index (χ2n) is 7.65. The number of hydrogen-bond donors (Lipinski definition) is 4. The van der Waals surface area contributed by atoms with Gasteiger partial charge in [-0.15, -0.1) is 0 Å². The van der Waals surface area contributed by atoms with Gasteiger partial charge < -0.3 is 21.5 Å². The third-order valence-corrected chi connectivity index (χ3v) is 4.31. The number of rotatable bonds is 7. The average molecular weight is 384 g/mol. The molecule has 3 aromatic rings. The summed E-state index contributed by atoms with van der Waals surface area (Å²) in [6.07, 6.45) is -0.507. The summed E-state index contributed by atoms with van der Waals surface area (Å²) >= 11 is 0. The maximum atomic E-state index is 9.62. The fourth-order valence-corrected chi connectivity index (χ4v) is 2.98. The molecule has 8 heteroatoms. The van der Waals surface area contributed by atoms with Gasteiger partial charge in [0.1, 0.15) is 11.0 Å². The number of anilines is 4. The summed E-state index contributed by atoms with van der Waals surface area (Å²) in [5.74, 6) is 1.31. The van der Waals surface area contributed by atoms with Crippen LogP contribution in [0.15, 0.2) is 24.3 Å². The summed E-state index contributed by atoms with van der Waals surface area (Å²) in [6, 6.07) is 7.67. The van der Waals surface area contributed by atoms with Gasteiger partial charge in [-0.05, 0) is 44.9 Å². The number of aliphatic hydroxyl groups excluding tert-OH is 1. The lowest BCUT2D eigenvalue weighted by Crippen LogP contribution is -2.17. The smallest absolute Gasteiger partial charge is 0.225 e. The van der Waals surface area contributed by atoms with Crippen molar-refractivity contribution in [2.75, 3.05) is 22.9 Å². The van der Waals surface area contributed by atoms with Gasteiger partial charge in [0.2, 0.25) is 5.95 Å². The topological polar surface area (TPSA) is 114 Å². The lowest BCUT2D eigenvalue weighted by molar-refractivity contribution is 0.208. The van der Waals surface area contributed by atoms with Crippen molar-refractivity contribution in [2.24, 2.45) is 0 Å². The third-order valence-electron chi connectivity index (χ3n) is 4.31. The van der Waals surface area contributed by atoms with Crippen LogP contribution in [0.4, 0.5) is 23.1 Å². The van der Waals surface area contributed by atoms with E-state index in [0.29, 0.717) is 24.0 Å². The minimum absolute atomic E-state index is 0.149. The summed E-state index contributed by atoms with van der Waals surface area (Å²) in [7, 11) is 0. The van der Waals surface area contributed by atoms with Crippen LogP contribution in [-0.4, -0.2) is 37.5 Å². The van der Waals surface area contributed by atoms with Gasteiger partial charge in [0.05, 0.1) is 11.8 Å². The van der Waals surface area contributed by atoms with Gasteiger partial charge in [-0.2, -0.15) is 10.1 Å². The lowest BCUT2D eigenvalue weighted by atomic mass is 10.1. The first-order chi connectivity index (χ1) is 13.3. The number of nitrogens with zero attached hydrogens (tertiary/aromatic N) is 4. The number of benzene rings is 1. The summed E-state index contributed by atoms with van der Waals surface area (Å²) in [6.45, 7) is 10.4. The number of aromatic nitrogens is 4. The highest BCUT2D eigenvalue weighted by atomic mass is 16.3. The molecule has 0 amide bonds. The highest BCUT2D eigenvalue weighted by molar-refractivity contribution is 5.91. The van der Waals surface area contributed by atoms with Crippen molar-refractivity contribution in [3.05, 3.63) is 30.0 Å². The first-order valence-corrected chi connectivity index (χ1v) is 9.61. The van der Waals surface area contributed by atoms with Crippen molar-refractivity contribution in [1.82, 2.24) is 19.7 Å². The Hall–Kier alpha value is -2.87. The molecule has 1 aromatic carbocycles. The zero-order valence-corrected chi connectivity index (χ0v) is 17.1. The van der Waals surface area contributed by atoms with E-state index in [1.165, 1.54) is 0 Å². The Balaban J connectivity index is 2.19. The molecule has 3 rings (SSSR count). The molecule has 0 saturated carbocycles. The van der Waals surface area contributed by atoms with E-state index in [4.69, 9.17) is 15.8 Å². The second kappa shape index (κ2) is 8.02. The molecule has 5 N–H and O–H groups in total. The van der Waals surface area contributed by atoms with Crippen LogP contribution in [0.2, 0.25) is 0 Å². The monoisotopic (exact) mass is 383 g/mol. The zero-order valence-electron chi connectivity index (χ0n) is 17.1. The van der Waals surface area contributed by atoms with Crippen molar-refractivity contribution >= 4 is 34.2 Å². The van der Waals surface area contributed by atoms with Crippen LogP contribution >= 0.6 is 0 Å². The molecule has 2 heterocycles. The Kier molecular flexibility index (Phi) is 5.69. The second-order valence-corrected chi connectivity index (χ2v) is 7.65. The summed E-state index contributed by atoms with van der Waals surface area (Å²) < 4.78 is 1.96. The first-order valence-electron chi connectivity index (χ1n) is 9.61. The Bertz CT molecular complexity index is 963. The van der Waals surface area contributed by atoms with E-state index in [1.807, 2.05) is 28.9 Å². The summed E-state index contributed by atoms with van der Waals surface area (Å²) in [5, 5.41) is 20.9. The van der Waals surface area contributed by atoms with E-state index in [0.717, 1.165) is 22.4 Å². The number of nitrogens with two attached hydrogens (primary N) is 1. The Morgan fingerprint density at radius 2 is 1.89 bits per heavy atom. The van der Waals surface area contributed by atoms with Crippen molar-refractivity contribution < 1.29 is 5.11 Å². The predicted octanol–water partition coefficient (Wildman–Crippen LogP) is 3.65.